The molecule has 1 aliphatic heterocycles. The van der Waals surface area contributed by atoms with Gasteiger partial charge in [0, 0.05) is 25.7 Å². The van der Waals surface area contributed by atoms with Crippen LogP contribution in [0.4, 0.5) is 0 Å². The first kappa shape index (κ1) is 25.7. The fourth-order valence-electron chi connectivity index (χ4n) is 4.11. The highest BCUT2D eigenvalue weighted by Crippen LogP contribution is 2.22. The molecule has 0 unspecified atom stereocenters. The lowest BCUT2D eigenvalue weighted by Gasteiger charge is -2.30. The number of hydrogen-bond acceptors (Lipinski definition) is 7. The molecule has 2 aromatic rings. The van der Waals surface area contributed by atoms with Gasteiger partial charge >= 0.3 is 5.97 Å². The van der Waals surface area contributed by atoms with Crippen molar-refractivity contribution in [2.45, 2.75) is 66.1 Å². The molecular weight excluding hydrogens is 434 g/mol. The molecule has 0 aliphatic carbocycles. The van der Waals surface area contributed by atoms with Crippen molar-refractivity contribution in [2.24, 2.45) is 5.92 Å². The number of benzene rings is 1. The van der Waals surface area contributed by atoms with E-state index in [0.717, 1.165) is 18.7 Å². The summed E-state index contributed by atoms with van der Waals surface area (Å²) in [5.74, 6) is 0.929. The Labute approximate surface area is 202 Å². The van der Waals surface area contributed by atoms with Crippen molar-refractivity contribution >= 4 is 11.9 Å². The van der Waals surface area contributed by atoms with Crippen molar-refractivity contribution in [3.8, 4) is 5.75 Å². The van der Waals surface area contributed by atoms with Crippen LogP contribution in [0.15, 0.2) is 34.9 Å². The van der Waals surface area contributed by atoms with E-state index in [9.17, 15) is 9.59 Å². The van der Waals surface area contributed by atoms with Gasteiger partial charge in [-0.3, -0.25) is 14.5 Å². The third-order valence-corrected chi connectivity index (χ3v) is 6.35. The quantitative estimate of drug-likeness (QED) is 0.452. The maximum Gasteiger partial charge on any atom is 0.309 e. The molecule has 0 radical (unpaired) electrons. The Hall–Kier alpha value is -2.87. The van der Waals surface area contributed by atoms with Crippen LogP contribution in [-0.2, 0) is 22.6 Å². The number of carbonyl (C=O) groups excluding carboxylic acids is 2. The second-order valence-electron chi connectivity index (χ2n) is 8.68. The van der Waals surface area contributed by atoms with Crippen LogP contribution in [0.25, 0.3) is 0 Å². The van der Waals surface area contributed by atoms with E-state index < -0.39 is 0 Å². The number of hydrogen-bond donors (Lipinski definition) is 0. The second kappa shape index (κ2) is 12.6. The average Bonchev–Trinajstić information content (AvgIpc) is 3.33. The molecule has 186 valence electrons. The highest BCUT2D eigenvalue weighted by Gasteiger charge is 2.30. The molecule has 1 saturated heterocycles. The molecule has 1 fully saturated rings. The predicted molar refractivity (Wildman–Crippen MR) is 128 cm³/mol. The van der Waals surface area contributed by atoms with E-state index in [1.165, 1.54) is 11.8 Å². The van der Waals surface area contributed by atoms with Crippen molar-refractivity contribution in [1.29, 1.82) is 0 Å². The number of nitrogens with zero attached hydrogens (tertiary/aromatic N) is 3. The summed E-state index contributed by atoms with van der Waals surface area (Å²) >= 11 is 0. The molecule has 1 aliphatic rings. The summed E-state index contributed by atoms with van der Waals surface area (Å²) in [5.41, 5.74) is 1.49. The fourth-order valence-corrected chi connectivity index (χ4v) is 4.11. The van der Waals surface area contributed by atoms with Crippen molar-refractivity contribution in [3.63, 3.8) is 0 Å². The van der Waals surface area contributed by atoms with E-state index in [-0.39, 0.29) is 17.8 Å². The van der Waals surface area contributed by atoms with Gasteiger partial charge in [-0.15, -0.1) is 0 Å². The van der Waals surface area contributed by atoms with Crippen LogP contribution < -0.4 is 4.74 Å². The Morgan fingerprint density at radius 2 is 1.82 bits per heavy atom. The first-order valence-electron chi connectivity index (χ1n) is 12.3. The maximum absolute atomic E-state index is 12.9. The first-order valence-corrected chi connectivity index (χ1v) is 12.3. The fraction of sp³-hybridized carbons (Fsp3) is 0.577. The van der Waals surface area contributed by atoms with E-state index in [2.05, 4.69) is 35.9 Å². The van der Waals surface area contributed by atoms with Crippen molar-refractivity contribution in [2.75, 3.05) is 26.3 Å². The molecule has 0 bridgehead atoms. The lowest BCUT2D eigenvalue weighted by Crippen LogP contribution is -2.40. The Balaban J connectivity index is 1.59. The van der Waals surface area contributed by atoms with Crippen LogP contribution in [0.3, 0.4) is 0 Å². The number of esters is 1. The maximum atomic E-state index is 12.9. The van der Waals surface area contributed by atoms with E-state index in [1.54, 1.807) is 11.8 Å². The Bertz CT molecular complexity index is 919. The molecule has 0 saturated carbocycles. The van der Waals surface area contributed by atoms with Gasteiger partial charge in [-0.25, -0.2) is 4.98 Å². The number of oxazole rings is 1. The largest absolute Gasteiger partial charge is 0.494 e. The molecule has 0 N–H and O–H groups in total. The summed E-state index contributed by atoms with van der Waals surface area (Å²) in [7, 11) is 0. The molecule has 34 heavy (non-hydrogen) atoms. The normalized spacial score (nSPS) is 15.4. The lowest BCUT2D eigenvalue weighted by molar-refractivity contribution is -0.149. The Morgan fingerprint density at radius 3 is 2.44 bits per heavy atom. The van der Waals surface area contributed by atoms with Gasteiger partial charge in [0.05, 0.1) is 25.7 Å². The zero-order valence-corrected chi connectivity index (χ0v) is 20.8. The summed E-state index contributed by atoms with van der Waals surface area (Å²) in [5, 5.41) is 0. The third kappa shape index (κ3) is 6.82. The zero-order chi connectivity index (χ0) is 24.5. The number of rotatable bonds is 11. The molecule has 8 heteroatoms. The van der Waals surface area contributed by atoms with Gasteiger partial charge in [-0.2, -0.15) is 0 Å². The van der Waals surface area contributed by atoms with Gasteiger partial charge in [0.2, 0.25) is 5.89 Å². The number of carbonyl (C=O) groups is 2. The van der Waals surface area contributed by atoms with Crippen LogP contribution in [0, 0.1) is 5.92 Å². The Morgan fingerprint density at radius 1 is 1.12 bits per heavy atom. The number of ether oxygens (including phenoxy) is 2. The summed E-state index contributed by atoms with van der Waals surface area (Å²) in [6, 6.07) is 8.44. The van der Waals surface area contributed by atoms with Gasteiger partial charge < -0.3 is 18.8 Å². The monoisotopic (exact) mass is 471 g/mol. The smallest absolute Gasteiger partial charge is 0.309 e. The van der Waals surface area contributed by atoms with Crippen LogP contribution in [0.1, 0.15) is 68.9 Å². The number of likely N-dealkylation sites (tertiary alicyclic amines) is 1. The van der Waals surface area contributed by atoms with Gasteiger partial charge in [0.25, 0.3) is 5.91 Å². The highest BCUT2D eigenvalue weighted by atomic mass is 16.5. The molecule has 2 heterocycles. The van der Waals surface area contributed by atoms with Crippen LogP contribution in [0.2, 0.25) is 0 Å². The van der Waals surface area contributed by atoms with E-state index in [1.807, 2.05) is 19.1 Å². The number of aromatic nitrogens is 1. The second-order valence-corrected chi connectivity index (χ2v) is 8.68. The van der Waals surface area contributed by atoms with Crippen molar-refractivity contribution < 1.29 is 23.5 Å². The van der Waals surface area contributed by atoms with E-state index in [4.69, 9.17) is 13.9 Å². The van der Waals surface area contributed by atoms with Gasteiger partial charge in [0.1, 0.15) is 12.0 Å². The highest BCUT2D eigenvalue weighted by molar-refractivity contribution is 5.92. The predicted octanol–water partition coefficient (Wildman–Crippen LogP) is 4.29. The van der Waals surface area contributed by atoms with Crippen LogP contribution in [-0.4, -0.2) is 59.0 Å². The molecule has 1 atom stereocenters. The van der Waals surface area contributed by atoms with E-state index >= 15 is 0 Å². The standard InChI is InChI=1S/C26H37N3O5/c1-5-19(4)29(16-20-8-10-22(11-9-20)32-6-2)17-24-27-23(18-34-24)25(30)28-14-12-21(13-15-28)26(31)33-7-3/h8-11,18-19,21H,5-7,12-17H2,1-4H3/t19-/m0/s1. The molecule has 3 rings (SSSR count). The molecule has 1 amide bonds. The minimum atomic E-state index is -0.170. The van der Waals surface area contributed by atoms with Gasteiger partial charge in [-0.05, 0) is 57.7 Å². The minimum absolute atomic E-state index is 0.136. The molecule has 8 nitrogen and oxygen atoms in total. The number of piperidine rings is 1. The summed E-state index contributed by atoms with van der Waals surface area (Å²) in [6.07, 6.45) is 3.65. The topological polar surface area (TPSA) is 85.1 Å². The van der Waals surface area contributed by atoms with E-state index in [0.29, 0.717) is 63.3 Å². The molecular formula is C26H37N3O5. The third-order valence-electron chi connectivity index (χ3n) is 6.35. The average molecular weight is 472 g/mol. The zero-order valence-electron chi connectivity index (χ0n) is 20.8. The first-order chi connectivity index (χ1) is 16.4. The Kier molecular flexibility index (Phi) is 9.51. The minimum Gasteiger partial charge on any atom is -0.494 e. The summed E-state index contributed by atoms with van der Waals surface area (Å²) in [6.45, 7) is 11.4. The van der Waals surface area contributed by atoms with Gasteiger partial charge in [0.15, 0.2) is 5.69 Å². The van der Waals surface area contributed by atoms with Gasteiger partial charge in [-0.1, -0.05) is 19.1 Å². The number of amides is 1. The van der Waals surface area contributed by atoms with Crippen LogP contribution in [0.5, 0.6) is 5.75 Å². The van der Waals surface area contributed by atoms with Crippen molar-refractivity contribution in [1.82, 2.24) is 14.8 Å². The summed E-state index contributed by atoms with van der Waals surface area (Å²) < 4.78 is 16.3. The summed E-state index contributed by atoms with van der Waals surface area (Å²) in [4.78, 5) is 33.4. The molecule has 1 aromatic carbocycles. The molecule has 0 spiro atoms. The lowest BCUT2D eigenvalue weighted by atomic mass is 9.97. The molecule has 1 aromatic heterocycles. The van der Waals surface area contributed by atoms with Crippen LogP contribution >= 0.6 is 0 Å². The SMILES string of the molecule is CCOC(=O)C1CCN(C(=O)c2coc(CN(Cc3ccc(OCC)cc3)[C@@H](C)CC)n2)CC1. The van der Waals surface area contributed by atoms with Crippen molar-refractivity contribution in [3.05, 3.63) is 47.7 Å².